The highest BCUT2D eigenvalue weighted by Gasteiger charge is 2.25. The van der Waals surface area contributed by atoms with Crippen molar-refractivity contribution in [1.29, 1.82) is 0 Å². The van der Waals surface area contributed by atoms with E-state index < -0.39 is 12.1 Å². The van der Waals surface area contributed by atoms with Crippen LogP contribution in [-0.4, -0.2) is 33.2 Å². The number of ketones is 2. The molecule has 146 valence electrons. The zero-order valence-electron chi connectivity index (χ0n) is 16.2. The number of aromatic amines is 1. The molecule has 27 heavy (non-hydrogen) atoms. The summed E-state index contributed by atoms with van der Waals surface area (Å²) in [5, 5.41) is 1.78. The van der Waals surface area contributed by atoms with E-state index in [9.17, 15) is 19.2 Å². The molecule has 0 aliphatic carbocycles. The molecule has 0 amide bonds. The number of Topliss-reactive ketones (excluding diaryl/α,β-unsaturated/α-hetero) is 2. The lowest BCUT2D eigenvalue weighted by Crippen LogP contribution is -2.25. The zero-order valence-corrected chi connectivity index (χ0v) is 17.0. The van der Waals surface area contributed by atoms with E-state index in [1.807, 2.05) is 6.92 Å². The third kappa shape index (κ3) is 4.63. The molecule has 0 aliphatic heterocycles. The first-order valence-corrected chi connectivity index (χ1v) is 9.60. The molecule has 0 radical (unpaired) electrons. The smallest absolute Gasteiger partial charge is 0.307 e. The van der Waals surface area contributed by atoms with Crippen molar-refractivity contribution < 1.29 is 19.1 Å². The van der Waals surface area contributed by atoms with Crippen molar-refractivity contribution in [1.82, 2.24) is 9.55 Å². The summed E-state index contributed by atoms with van der Waals surface area (Å²) < 4.78 is 6.84. The van der Waals surface area contributed by atoms with Gasteiger partial charge < -0.3 is 14.3 Å². The minimum absolute atomic E-state index is 0.0525. The van der Waals surface area contributed by atoms with Gasteiger partial charge in [-0.25, -0.2) is 0 Å². The average Bonchev–Trinajstić information content (AvgIpc) is 3.06. The lowest BCUT2D eigenvalue weighted by atomic mass is 10.0. The van der Waals surface area contributed by atoms with Gasteiger partial charge in [0.1, 0.15) is 0 Å². The van der Waals surface area contributed by atoms with Crippen LogP contribution < -0.4 is 4.87 Å². The van der Waals surface area contributed by atoms with Crippen LogP contribution in [-0.2, 0) is 16.1 Å². The van der Waals surface area contributed by atoms with Crippen molar-refractivity contribution in [3.05, 3.63) is 43.3 Å². The SMILES string of the molecule is CC(=O)c1c(C)[nH]c(C(=O)C(C)OC(=O)CCCn2c(C)csc2=O)c1C. The van der Waals surface area contributed by atoms with Crippen LogP contribution in [0.15, 0.2) is 10.2 Å². The number of hydrogen-bond acceptors (Lipinski definition) is 6. The molecule has 0 spiro atoms. The van der Waals surface area contributed by atoms with Gasteiger partial charge in [0.25, 0.3) is 0 Å². The number of hydrogen-bond donors (Lipinski definition) is 1. The monoisotopic (exact) mass is 392 g/mol. The second-order valence-electron chi connectivity index (χ2n) is 6.58. The highest BCUT2D eigenvalue weighted by atomic mass is 32.1. The fourth-order valence-corrected chi connectivity index (χ4v) is 3.85. The number of carbonyl (C=O) groups excluding carboxylic acids is 3. The Morgan fingerprint density at radius 1 is 1.26 bits per heavy atom. The maximum atomic E-state index is 12.6. The number of carbonyl (C=O) groups is 3. The van der Waals surface area contributed by atoms with Crippen LogP contribution in [0, 0.1) is 20.8 Å². The fraction of sp³-hybridized carbons (Fsp3) is 0.474. The summed E-state index contributed by atoms with van der Waals surface area (Å²) in [6.45, 7) is 8.65. The molecule has 2 aromatic heterocycles. The van der Waals surface area contributed by atoms with Gasteiger partial charge >= 0.3 is 10.8 Å². The fourth-order valence-electron chi connectivity index (χ4n) is 3.09. The van der Waals surface area contributed by atoms with Crippen molar-refractivity contribution in [3.63, 3.8) is 0 Å². The predicted molar refractivity (Wildman–Crippen MR) is 103 cm³/mol. The predicted octanol–water partition coefficient (Wildman–Crippen LogP) is 2.96. The molecular formula is C19H24N2O5S. The van der Waals surface area contributed by atoms with Crippen molar-refractivity contribution in [2.45, 2.75) is 60.1 Å². The zero-order chi connectivity index (χ0) is 20.3. The third-order valence-corrected chi connectivity index (χ3v) is 5.33. The number of esters is 1. The molecule has 0 fully saturated rings. The number of nitrogens with one attached hydrogen (secondary N) is 1. The number of ether oxygens (including phenoxy) is 1. The topological polar surface area (TPSA) is 98.2 Å². The first kappa shape index (κ1) is 20.8. The number of nitrogens with zero attached hydrogens (tertiary/aromatic N) is 1. The van der Waals surface area contributed by atoms with Gasteiger partial charge in [-0.05, 0) is 46.6 Å². The Labute approximate surface area is 161 Å². The van der Waals surface area contributed by atoms with Gasteiger partial charge in [0.15, 0.2) is 11.9 Å². The number of aryl methyl sites for hydroxylation is 2. The van der Waals surface area contributed by atoms with Gasteiger partial charge in [0.05, 0.1) is 5.69 Å². The second kappa shape index (κ2) is 8.47. The maximum absolute atomic E-state index is 12.6. The molecule has 1 N–H and O–H groups in total. The van der Waals surface area contributed by atoms with Crippen LogP contribution in [0.1, 0.15) is 64.5 Å². The molecule has 0 aromatic carbocycles. The van der Waals surface area contributed by atoms with Gasteiger partial charge in [0, 0.05) is 35.3 Å². The maximum Gasteiger partial charge on any atom is 0.307 e. The van der Waals surface area contributed by atoms with Crippen LogP contribution in [0.4, 0.5) is 0 Å². The Bertz CT molecular complexity index is 935. The summed E-state index contributed by atoms with van der Waals surface area (Å²) >= 11 is 1.13. The highest BCUT2D eigenvalue weighted by Crippen LogP contribution is 2.20. The normalized spacial score (nSPS) is 12.0. The van der Waals surface area contributed by atoms with Crippen molar-refractivity contribution in [2.24, 2.45) is 0 Å². The Hall–Kier alpha value is -2.48. The lowest BCUT2D eigenvalue weighted by molar-refractivity contribution is -0.146. The molecule has 1 unspecified atom stereocenters. The van der Waals surface area contributed by atoms with Crippen LogP contribution >= 0.6 is 11.3 Å². The number of aromatic nitrogens is 2. The number of H-pyrrole nitrogens is 1. The molecule has 0 saturated heterocycles. The molecular weight excluding hydrogens is 368 g/mol. The van der Waals surface area contributed by atoms with Gasteiger partial charge in [-0.1, -0.05) is 11.3 Å². The molecule has 2 rings (SSSR count). The van der Waals surface area contributed by atoms with Gasteiger partial charge in [-0.3, -0.25) is 19.2 Å². The standard InChI is InChI=1S/C19H24N2O5S/c1-10-9-27-19(25)21(10)8-6-7-15(23)26-14(5)18(24)17-11(2)16(13(4)22)12(3)20-17/h9,14,20H,6-8H2,1-5H3. The van der Waals surface area contributed by atoms with E-state index in [2.05, 4.69) is 4.98 Å². The molecule has 0 bridgehead atoms. The summed E-state index contributed by atoms with van der Waals surface area (Å²) in [6, 6.07) is 0. The first-order chi connectivity index (χ1) is 12.6. The average molecular weight is 392 g/mol. The van der Waals surface area contributed by atoms with Crippen LogP contribution in [0.3, 0.4) is 0 Å². The Morgan fingerprint density at radius 3 is 2.44 bits per heavy atom. The highest BCUT2D eigenvalue weighted by molar-refractivity contribution is 7.07. The summed E-state index contributed by atoms with van der Waals surface area (Å²) in [4.78, 5) is 50.8. The van der Waals surface area contributed by atoms with E-state index in [1.54, 1.807) is 23.8 Å². The molecule has 1 atom stereocenters. The van der Waals surface area contributed by atoms with Gasteiger partial charge in [-0.15, -0.1) is 0 Å². The summed E-state index contributed by atoms with van der Waals surface area (Å²) in [5.74, 6) is -0.991. The first-order valence-electron chi connectivity index (χ1n) is 8.72. The van der Waals surface area contributed by atoms with Gasteiger partial charge in [0.2, 0.25) is 5.78 Å². The largest absolute Gasteiger partial charge is 0.454 e. The van der Waals surface area contributed by atoms with E-state index >= 15 is 0 Å². The number of rotatable bonds is 8. The van der Waals surface area contributed by atoms with Crippen molar-refractivity contribution >= 4 is 28.9 Å². The molecule has 8 heteroatoms. The minimum Gasteiger partial charge on any atom is -0.454 e. The Kier molecular flexibility index (Phi) is 6.54. The summed E-state index contributed by atoms with van der Waals surface area (Å²) in [5.41, 5.74) is 2.84. The quantitative estimate of drug-likeness (QED) is 0.550. The Balaban J connectivity index is 1.94. The van der Waals surface area contributed by atoms with Crippen LogP contribution in [0.25, 0.3) is 0 Å². The minimum atomic E-state index is -0.959. The lowest BCUT2D eigenvalue weighted by Gasteiger charge is -2.12. The van der Waals surface area contributed by atoms with E-state index in [-0.39, 0.29) is 22.9 Å². The van der Waals surface area contributed by atoms with Crippen molar-refractivity contribution in [2.75, 3.05) is 0 Å². The summed E-state index contributed by atoms with van der Waals surface area (Å²) in [6.07, 6.45) is -0.396. The molecule has 0 saturated carbocycles. The van der Waals surface area contributed by atoms with E-state index in [0.29, 0.717) is 35.5 Å². The third-order valence-electron chi connectivity index (χ3n) is 4.45. The molecule has 0 aliphatic rings. The van der Waals surface area contributed by atoms with Crippen LogP contribution in [0.5, 0.6) is 0 Å². The van der Waals surface area contributed by atoms with E-state index in [1.165, 1.54) is 13.8 Å². The second-order valence-corrected chi connectivity index (χ2v) is 7.40. The summed E-state index contributed by atoms with van der Waals surface area (Å²) in [7, 11) is 0. The van der Waals surface area contributed by atoms with E-state index in [0.717, 1.165) is 17.0 Å². The number of thiazole rings is 1. The Morgan fingerprint density at radius 2 is 1.93 bits per heavy atom. The van der Waals surface area contributed by atoms with Crippen LogP contribution in [0.2, 0.25) is 0 Å². The molecule has 2 heterocycles. The molecule has 7 nitrogen and oxygen atoms in total. The van der Waals surface area contributed by atoms with Crippen molar-refractivity contribution in [3.8, 4) is 0 Å². The van der Waals surface area contributed by atoms with E-state index in [4.69, 9.17) is 4.74 Å². The molecule has 2 aromatic rings. The van der Waals surface area contributed by atoms with Gasteiger partial charge in [-0.2, -0.15) is 0 Å².